The van der Waals surface area contributed by atoms with E-state index in [-0.39, 0.29) is 23.2 Å². The van der Waals surface area contributed by atoms with Gasteiger partial charge < -0.3 is 9.84 Å². The Balaban J connectivity index is 1.33. The maximum atomic E-state index is 13.1. The highest BCUT2D eigenvalue weighted by Gasteiger charge is 2.51. The van der Waals surface area contributed by atoms with Gasteiger partial charge >= 0.3 is 6.09 Å². The minimum Gasteiger partial charge on any atom is -0.508 e. The maximum absolute atomic E-state index is 13.1. The third-order valence-electron chi connectivity index (χ3n) is 8.31. The summed E-state index contributed by atoms with van der Waals surface area (Å²) in [5.41, 5.74) is 5.06. The molecule has 218 valence electrons. The van der Waals surface area contributed by atoms with Gasteiger partial charge in [0.2, 0.25) is 0 Å². The average molecular weight is 577 g/mol. The summed E-state index contributed by atoms with van der Waals surface area (Å²) in [5, 5.41) is 10.6. The molecule has 0 spiro atoms. The Morgan fingerprint density at radius 3 is 2.44 bits per heavy atom. The fourth-order valence-corrected chi connectivity index (χ4v) is 8.07. The number of benzene rings is 3. The molecule has 0 radical (unpaired) electrons. The molecule has 7 nitrogen and oxygen atoms in total. The minimum atomic E-state index is -3.38. The molecule has 0 bridgehead atoms. The van der Waals surface area contributed by atoms with Crippen LogP contribution in [0.25, 0.3) is 0 Å². The second kappa shape index (κ2) is 12.2. The first kappa shape index (κ1) is 29.1. The van der Waals surface area contributed by atoms with E-state index in [0.717, 1.165) is 29.8 Å². The van der Waals surface area contributed by atoms with Gasteiger partial charge in [-0.15, -0.1) is 0 Å². The van der Waals surface area contributed by atoms with E-state index in [1.54, 1.807) is 11.0 Å². The molecule has 1 amide bonds. The van der Waals surface area contributed by atoms with Gasteiger partial charge in [-0.2, -0.15) is 0 Å². The Morgan fingerprint density at radius 1 is 0.951 bits per heavy atom. The Kier molecular flexibility index (Phi) is 8.71. The van der Waals surface area contributed by atoms with Gasteiger partial charge in [0.1, 0.15) is 11.9 Å². The van der Waals surface area contributed by atoms with Crippen LogP contribution in [0.1, 0.15) is 54.5 Å². The van der Waals surface area contributed by atoms with Gasteiger partial charge in [-0.25, -0.2) is 13.2 Å². The van der Waals surface area contributed by atoms with Crippen molar-refractivity contribution in [3.8, 4) is 5.75 Å². The molecule has 2 aliphatic rings. The predicted octanol–water partition coefficient (Wildman–Crippen LogP) is 5.51. The van der Waals surface area contributed by atoms with Crippen molar-refractivity contribution in [2.24, 2.45) is 5.92 Å². The summed E-state index contributed by atoms with van der Waals surface area (Å²) in [6, 6.07) is 23.3. The summed E-state index contributed by atoms with van der Waals surface area (Å²) in [5.74, 6) is 0.0969. The van der Waals surface area contributed by atoms with Crippen molar-refractivity contribution in [1.29, 1.82) is 0 Å². The Hall–Kier alpha value is -3.36. The number of sulfone groups is 1. The quantitative estimate of drug-likeness (QED) is 0.342. The summed E-state index contributed by atoms with van der Waals surface area (Å²) in [6.07, 6.45) is -0.507. The van der Waals surface area contributed by atoms with E-state index >= 15 is 0 Å². The van der Waals surface area contributed by atoms with Crippen molar-refractivity contribution in [3.05, 3.63) is 101 Å². The number of hydrogen-bond donors (Lipinski definition) is 1. The minimum absolute atomic E-state index is 0.0244. The van der Waals surface area contributed by atoms with Crippen molar-refractivity contribution in [3.63, 3.8) is 0 Å². The van der Waals surface area contributed by atoms with Crippen LogP contribution in [-0.4, -0.2) is 59.6 Å². The highest BCUT2D eigenvalue weighted by atomic mass is 32.2. The zero-order valence-corrected chi connectivity index (χ0v) is 24.9. The second-order valence-corrected chi connectivity index (χ2v) is 13.9. The number of hydrogen-bond acceptors (Lipinski definition) is 6. The lowest BCUT2D eigenvalue weighted by Crippen LogP contribution is -2.51. The van der Waals surface area contributed by atoms with Crippen LogP contribution in [-0.2, 0) is 40.6 Å². The lowest BCUT2D eigenvalue weighted by molar-refractivity contribution is 0.0970. The lowest BCUT2D eigenvalue weighted by atomic mass is 9.90. The van der Waals surface area contributed by atoms with E-state index in [1.807, 2.05) is 42.5 Å². The fraction of sp³-hybridized carbons (Fsp3) is 0.424. The van der Waals surface area contributed by atoms with Gasteiger partial charge in [-0.1, -0.05) is 87.5 Å². The predicted molar refractivity (Wildman–Crippen MR) is 160 cm³/mol. The number of aromatic hydroxyl groups is 1. The molecule has 0 aromatic heterocycles. The average Bonchev–Trinajstić information content (AvgIpc) is 3.24. The Bertz CT molecular complexity index is 1470. The third kappa shape index (κ3) is 6.93. The van der Waals surface area contributed by atoms with Gasteiger partial charge in [-0.3, -0.25) is 9.80 Å². The SMILES string of the molecule is CCN(Cc1ccccc1)Cc1cc(C[C@@H]2CS(=O)(=O)C[C@H]3[C@H]2OC(=O)N3Cc2cccc(C(C)C)c2)ccc1O. The molecule has 8 heteroatoms. The molecule has 1 N–H and O–H groups in total. The zero-order valence-electron chi connectivity index (χ0n) is 24.1. The summed E-state index contributed by atoms with van der Waals surface area (Å²) in [6.45, 7) is 8.80. The molecule has 0 saturated carbocycles. The van der Waals surface area contributed by atoms with Crippen LogP contribution in [0.4, 0.5) is 4.79 Å². The van der Waals surface area contributed by atoms with Gasteiger partial charge in [0, 0.05) is 31.1 Å². The highest BCUT2D eigenvalue weighted by molar-refractivity contribution is 7.91. The van der Waals surface area contributed by atoms with Crippen molar-refractivity contribution in [1.82, 2.24) is 9.80 Å². The summed E-state index contributed by atoms with van der Waals surface area (Å²) in [7, 11) is -3.38. The molecular weight excluding hydrogens is 536 g/mol. The molecule has 5 rings (SSSR count). The molecule has 2 fully saturated rings. The Labute approximate surface area is 243 Å². The van der Waals surface area contributed by atoms with Crippen LogP contribution in [0.3, 0.4) is 0 Å². The standard InChI is InChI=1S/C33H40N2O5S/c1-4-34(18-24-9-6-5-7-10-24)20-28-15-25(13-14-31(28)36)16-29-21-41(38,39)22-30-32(29)40-33(37)35(30)19-26-11-8-12-27(17-26)23(2)3/h5-15,17,23,29-30,32,36H,4,16,18-22H2,1-3H3/t29-,30+,32+/m1/s1. The molecule has 2 saturated heterocycles. The van der Waals surface area contributed by atoms with Crippen molar-refractivity contribution < 1.29 is 23.1 Å². The number of nitrogens with zero attached hydrogens (tertiary/aromatic N) is 2. The van der Waals surface area contributed by atoms with Gasteiger partial charge in [0.15, 0.2) is 9.84 Å². The molecular formula is C33H40N2O5S. The largest absolute Gasteiger partial charge is 0.508 e. The van der Waals surface area contributed by atoms with Crippen molar-refractivity contribution >= 4 is 15.9 Å². The van der Waals surface area contributed by atoms with E-state index in [1.165, 1.54) is 11.1 Å². The molecule has 2 heterocycles. The van der Waals surface area contributed by atoms with Gasteiger partial charge in [-0.05, 0) is 47.2 Å². The molecule has 3 atom stereocenters. The van der Waals surface area contributed by atoms with E-state index in [2.05, 4.69) is 49.9 Å². The summed E-state index contributed by atoms with van der Waals surface area (Å²) >= 11 is 0. The molecule has 3 aromatic carbocycles. The summed E-state index contributed by atoms with van der Waals surface area (Å²) in [4.78, 5) is 16.9. The van der Waals surface area contributed by atoms with Crippen LogP contribution < -0.4 is 0 Å². The van der Waals surface area contributed by atoms with E-state index in [4.69, 9.17) is 4.74 Å². The van der Waals surface area contributed by atoms with Crippen molar-refractivity contribution in [2.75, 3.05) is 18.1 Å². The zero-order chi connectivity index (χ0) is 29.1. The topological polar surface area (TPSA) is 87.2 Å². The van der Waals surface area contributed by atoms with Crippen LogP contribution in [0.15, 0.2) is 72.8 Å². The van der Waals surface area contributed by atoms with Gasteiger partial charge in [0.25, 0.3) is 0 Å². The normalized spacial score (nSPS) is 21.7. The highest BCUT2D eigenvalue weighted by Crippen LogP contribution is 2.36. The first-order valence-corrected chi connectivity index (χ1v) is 16.3. The van der Waals surface area contributed by atoms with Crippen LogP contribution in [0, 0.1) is 5.92 Å². The van der Waals surface area contributed by atoms with E-state index in [9.17, 15) is 18.3 Å². The molecule has 0 unspecified atom stereocenters. The maximum Gasteiger partial charge on any atom is 0.410 e. The number of ether oxygens (including phenoxy) is 1. The number of phenolic OH excluding ortho intramolecular Hbond substituents is 1. The number of carbonyl (C=O) groups excluding carboxylic acids is 1. The molecule has 3 aromatic rings. The van der Waals surface area contributed by atoms with E-state index < -0.39 is 28.1 Å². The number of rotatable bonds is 10. The molecule has 41 heavy (non-hydrogen) atoms. The van der Waals surface area contributed by atoms with E-state index in [0.29, 0.717) is 25.4 Å². The van der Waals surface area contributed by atoms with Crippen LogP contribution in [0.5, 0.6) is 5.75 Å². The second-order valence-electron chi connectivity index (χ2n) is 11.7. The number of carbonyl (C=O) groups is 1. The third-order valence-corrected chi connectivity index (χ3v) is 10.1. The lowest BCUT2D eigenvalue weighted by Gasteiger charge is -2.34. The smallest absolute Gasteiger partial charge is 0.410 e. The first-order chi connectivity index (χ1) is 19.6. The number of amides is 1. The van der Waals surface area contributed by atoms with Crippen LogP contribution >= 0.6 is 0 Å². The molecule has 0 aliphatic carbocycles. The Morgan fingerprint density at radius 2 is 1.71 bits per heavy atom. The fourth-order valence-electron chi connectivity index (χ4n) is 6.08. The first-order valence-electron chi connectivity index (χ1n) is 14.5. The number of phenols is 1. The summed E-state index contributed by atoms with van der Waals surface area (Å²) < 4.78 is 32.0. The van der Waals surface area contributed by atoms with Gasteiger partial charge in [0.05, 0.1) is 17.5 Å². The number of fused-ring (bicyclic) bond motifs is 1. The molecule has 2 aliphatic heterocycles. The monoisotopic (exact) mass is 576 g/mol. The van der Waals surface area contributed by atoms with Crippen LogP contribution in [0.2, 0.25) is 0 Å². The van der Waals surface area contributed by atoms with Crippen molar-refractivity contribution in [2.45, 2.75) is 64.9 Å².